The standard InChI is InChI=1S/C22H17Cl2F5N4O3S/c23-13-9-14(24)15(37(35,36)33-5-2-1-3-6-33)8-11(13)22(34)30-16-4-7-32(31-16)10-12-17(25)19(27)21(29)20(28)18(12)26/h4,7-9H,1-3,5-6,10H2,(H,30,31,34). The molecule has 1 amide bonds. The number of amides is 1. The molecule has 1 fully saturated rings. The second-order valence-corrected chi connectivity index (χ2v) is 10.8. The van der Waals surface area contributed by atoms with E-state index in [-0.39, 0.29) is 26.3 Å². The van der Waals surface area contributed by atoms with Gasteiger partial charge in [-0.1, -0.05) is 29.6 Å². The molecule has 1 aliphatic rings. The molecule has 0 saturated carbocycles. The number of hydrogen-bond donors (Lipinski definition) is 1. The maximum Gasteiger partial charge on any atom is 0.258 e. The van der Waals surface area contributed by atoms with Gasteiger partial charge < -0.3 is 5.32 Å². The summed E-state index contributed by atoms with van der Waals surface area (Å²) in [7, 11) is -4.00. The number of aromatic nitrogens is 2. The van der Waals surface area contributed by atoms with Crippen molar-refractivity contribution in [2.24, 2.45) is 0 Å². The Morgan fingerprint density at radius 1 is 0.919 bits per heavy atom. The Kier molecular flexibility index (Phi) is 7.79. The molecule has 2 heterocycles. The molecule has 0 atom stereocenters. The lowest BCUT2D eigenvalue weighted by Crippen LogP contribution is -2.35. The van der Waals surface area contributed by atoms with E-state index in [2.05, 4.69) is 10.4 Å². The third-order valence-corrected chi connectivity index (χ3v) is 8.38. The summed E-state index contributed by atoms with van der Waals surface area (Å²) in [4.78, 5) is 12.5. The van der Waals surface area contributed by atoms with Gasteiger partial charge in [0, 0.05) is 25.4 Å². The summed E-state index contributed by atoms with van der Waals surface area (Å²) in [6.45, 7) is -0.214. The van der Waals surface area contributed by atoms with Crippen molar-refractivity contribution in [3.63, 3.8) is 0 Å². The van der Waals surface area contributed by atoms with E-state index < -0.39 is 57.1 Å². The third kappa shape index (κ3) is 5.31. The number of benzene rings is 2. The van der Waals surface area contributed by atoms with E-state index in [4.69, 9.17) is 23.2 Å². The molecule has 0 unspecified atom stereocenters. The molecule has 15 heteroatoms. The minimum Gasteiger partial charge on any atom is -0.305 e. The number of halogens is 7. The summed E-state index contributed by atoms with van der Waals surface area (Å²) in [5.41, 5.74) is -1.36. The van der Waals surface area contributed by atoms with E-state index in [1.165, 1.54) is 10.4 Å². The second kappa shape index (κ2) is 10.6. The third-order valence-electron chi connectivity index (χ3n) is 5.70. The number of carbonyl (C=O) groups excluding carboxylic acids is 1. The van der Waals surface area contributed by atoms with Gasteiger partial charge in [-0.25, -0.2) is 30.4 Å². The molecule has 7 nitrogen and oxygen atoms in total. The van der Waals surface area contributed by atoms with Gasteiger partial charge >= 0.3 is 0 Å². The van der Waals surface area contributed by atoms with Crippen LogP contribution in [0.15, 0.2) is 29.3 Å². The van der Waals surface area contributed by atoms with Gasteiger partial charge in [-0.2, -0.15) is 9.40 Å². The van der Waals surface area contributed by atoms with Crippen LogP contribution in [0.1, 0.15) is 35.2 Å². The summed E-state index contributed by atoms with van der Waals surface area (Å²) in [6.07, 6.45) is 3.39. The molecule has 1 N–H and O–H groups in total. The highest BCUT2D eigenvalue weighted by atomic mass is 35.5. The molecule has 4 rings (SSSR count). The average Bonchev–Trinajstić information content (AvgIpc) is 3.31. The summed E-state index contributed by atoms with van der Waals surface area (Å²) in [5.74, 6) is -11.5. The number of nitrogens with one attached hydrogen (secondary N) is 1. The van der Waals surface area contributed by atoms with Gasteiger partial charge in [0.1, 0.15) is 4.90 Å². The number of carbonyl (C=O) groups is 1. The van der Waals surface area contributed by atoms with Crippen molar-refractivity contribution < 1.29 is 35.2 Å². The summed E-state index contributed by atoms with van der Waals surface area (Å²) >= 11 is 12.3. The van der Waals surface area contributed by atoms with Crippen molar-refractivity contribution in [2.75, 3.05) is 18.4 Å². The molecule has 1 aromatic heterocycles. The van der Waals surface area contributed by atoms with Gasteiger partial charge in [0.25, 0.3) is 5.91 Å². The Labute approximate surface area is 217 Å². The van der Waals surface area contributed by atoms with Gasteiger partial charge in [-0.3, -0.25) is 9.48 Å². The number of nitrogens with zero attached hydrogens (tertiary/aromatic N) is 3. The monoisotopic (exact) mass is 582 g/mol. The first-order valence-electron chi connectivity index (χ1n) is 10.8. The Bertz CT molecular complexity index is 1460. The van der Waals surface area contributed by atoms with E-state index in [1.807, 2.05) is 0 Å². The molecule has 1 aliphatic heterocycles. The summed E-state index contributed by atoms with van der Waals surface area (Å²) in [6, 6.07) is 3.35. The van der Waals surface area contributed by atoms with Crippen LogP contribution >= 0.6 is 23.2 Å². The van der Waals surface area contributed by atoms with Crippen molar-refractivity contribution in [1.82, 2.24) is 14.1 Å². The molecule has 1 saturated heterocycles. The smallest absolute Gasteiger partial charge is 0.258 e. The number of piperidine rings is 1. The van der Waals surface area contributed by atoms with Crippen molar-refractivity contribution in [1.29, 1.82) is 0 Å². The van der Waals surface area contributed by atoms with Crippen LogP contribution in [0.2, 0.25) is 10.0 Å². The molecule has 198 valence electrons. The fraction of sp³-hybridized carbons (Fsp3) is 0.273. The lowest BCUT2D eigenvalue weighted by Gasteiger charge is -2.26. The Balaban J connectivity index is 1.57. The number of hydrogen-bond acceptors (Lipinski definition) is 4. The fourth-order valence-corrected chi connectivity index (χ4v) is 6.15. The Hall–Kier alpha value is -2.74. The zero-order valence-corrected chi connectivity index (χ0v) is 21.0. The zero-order valence-electron chi connectivity index (χ0n) is 18.7. The summed E-state index contributed by atoms with van der Waals surface area (Å²) < 4.78 is 96.3. The van der Waals surface area contributed by atoms with Crippen molar-refractivity contribution >= 4 is 45.0 Å². The topological polar surface area (TPSA) is 84.3 Å². The SMILES string of the molecule is O=C(Nc1ccn(Cc2c(F)c(F)c(F)c(F)c2F)n1)c1cc(S(=O)(=O)N2CCCCC2)c(Cl)cc1Cl. The van der Waals surface area contributed by atoms with E-state index >= 15 is 0 Å². The predicted octanol–water partition coefficient (Wildman–Crippen LogP) is 5.36. The highest BCUT2D eigenvalue weighted by Gasteiger charge is 2.30. The molecular weight excluding hydrogens is 566 g/mol. The number of anilines is 1. The molecular formula is C22H17Cl2F5N4O3S. The Morgan fingerprint density at radius 3 is 2.14 bits per heavy atom. The molecule has 2 aromatic carbocycles. The van der Waals surface area contributed by atoms with Gasteiger partial charge in [-0.15, -0.1) is 0 Å². The minimum atomic E-state index is -4.00. The summed E-state index contributed by atoms with van der Waals surface area (Å²) in [5, 5.41) is 5.87. The van der Waals surface area contributed by atoms with Crippen LogP contribution < -0.4 is 5.32 Å². The van der Waals surface area contributed by atoms with E-state index in [0.29, 0.717) is 25.9 Å². The van der Waals surface area contributed by atoms with E-state index in [1.54, 1.807) is 0 Å². The quantitative estimate of drug-likeness (QED) is 0.241. The fourth-order valence-electron chi connectivity index (χ4n) is 3.80. The minimum absolute atomic E-state index is 0.152. The van der Waals surface area contributed by atoms with E-state index in [9.17, 15) is 35.2 Å². The van der Waals surface area contributed by atoms with Gasteiger partial charge in [-0.05, 0) is 25.0 Å². The zero-order chi connectivity index (χ0) is 27.1. The largest absolute Gasteiger partial charge is 0.305 e. The highest BCUT2D eigenvalue weighted by molar-refractivity contribution is 7.89. The first-order valence-corrected chi connectivity index (χ1v) is 13.0. The van der Waals surface area contributed by atoms with Crippen LogP contribution in [0, 0.1) is 29.1 Å². The van der Waals surface area contributed by atoms with Gasteiger partial charge in [0.15, 0.2) is 29.1 Å². The van der Waals surface area contributed by atoms with E-state index in [0.717, 1.165) is 29.4 Å². The van der Waals surface area contributed by atoms with Gasteiger partial charge in [0.05, 0.1) is 27.7 Å². The first kappa shape index (κ1) is 27.3. The van der Waals surface area contributed by atoms with Crippen molar-refractivity contribution in [2.45, 2.75) is 30.7 Å². The molecule has 0 radical (unpaired) electrons. The maximum atomic E-state index is 14.0. The molecule has 0 bridgehead atoms. The van der Waals surface area contributed by atoms with Crippen LogP contribution in [0.4, 0.5) is 27.8 Å². The lowest BCUT2D eigenvalue weighted by molar-refractivity contribution is 0.102. The average molecular weight is 583 g/mol. The lowest BCUT2D eigenvalue weighted by atomic mass is 10.1. The number of rotatable bonds is 6. The van der Waals surface area contributed by atoms with Crippen LogP contribution in [-0.2, 0) is 16.6 Å². The Morgan fingerprint density at radius 2 is 1.51 bits per heavy atom. The first-order chi connectivity index (χ1) is 17.4. The van der Waals surface area contributed by atoms with Crippen LogP contribution in [0.5, 0.6) is 0 Å². The van der Waals surface area contributed by atoms with Crippen LogP contribution in [0.3, 0.4) is 0 Å². The molecule has 3 aromatic rings. The molecule has 0 aliphatic carbocycles. The van der Waals surface area contributed by atoms with Crippen molar-refractivity contribution in [3.05, 3.63) is 74.7 Å². The molecule has 37 heavy (non-hydrogen) atoms. The van der Waals surface area contributed by atoms with Crippen molar-refractivity contribution in [3.8, 4) is 0 Å². The normalized spacial score (nSPS) is 14.7. The predicted molar refractivity (Wildman–Crippen MR) is 125 cm³/mol. The van der Waals surface area contributed by atoms with Crippen LogP contribution in [0.25, 0.3) is 0 Å². The van der Waals surface area contributed by atoms with Crippen LogP contribution in [-0.4, -0.2) is 41.5 Å². The second-order valence-electron chi connectivity index (χ2n) is 8.13. The molecule has 0 spiro atoms. The maximum absolute atomic E-state index is 14.0. The highest BCUT2D eigenvalue weighted by Crippen LogP contribution is 2.32. The number of sulfonamides is 1. The van der Waals surface area contributed by atoms with Gasteiger partial charge in [0.2, 0.25) is 15.8 Å².